The molecule has 2 aliphatic heterocycles. The molecule has 1 aromatic rings. The monoisotopic (exact) mass is 395 g/mol. The second-order valence-electron chi connectivity index (χ2n) is 8.17. The molecule has 1 unspecified atom stereocenters. The number of hydrogen-bond donors (Lipinski definition) is 1. The first-order chi connectivity index (χ1) is 13.6. The molecule has 146 valence electrons. The van der Waals surface area contributed by atoms with E-state index in [1.807, 2.05) is 0 Å². The summed E-state index contributed by atoms with van der Waals surface area (Å²) in [7, 11) is 0. The molecule has 1 aromatic carbocycles. The van der Waals surface area contributed by atoms with Crippen LogP contribution < -0.4 is 5.32 Å². The van der Waals surface area contributed by atoms with Gasteiger partial charge in [0, 0.05) is 24.4 Å². The van der Waals surface area contributed by atoms with Gasteiger partial charge in [-0.3, -0.25) is 9.59 Å². The number of Topliss-reactive ketones (excluding diaryl/α,β-unsaturated/α-hetero) is 1. The highest BCUT2D eigenvalue weighted by molar-refractivity contribution is 7.80. The highest BCUT2D eigenvalue weighted by atomic mass is 32.1. The first kappa shape index (κ1) is 19.2. The Morgan fingerprint density at radius 2 is 2.04 bits per heavy atom. The second kappa shape index (κ2) is 8.10. The number of ketones is 1. The van der Waals surface area contributed by atoms with Crippen LogP contribution in [0.25, 0.3) is 0 Å². The molecule has 0 saturated carbocycles. The molecule has 3 aliphatic rings. The highest BCUT2D eigenvalue weighted by Gasteiger charge is 2.45. The molecule has 2 heterocycles. The fraction of sp³-hybridized carbons (Fsp3) is 0.545. The van der Waals surface area contributed by atoms with Crippen LogP contribution in [0.2, 0.25) is 0 Å². The molecule has 1 N–H and O–H groups in total. The maximum absolute atomic E-state index is 13.2. The van der Waals surface area contributed by atoms with E-state index in [2.05, 4.69) is 35.7 Å². The average molecular weight is 396 g/mol. The lowest BCUT2D eigenvalue weighted by Crippen LogP contribution is -2.49. The lowest BCUT2D eigenvalue weighted by Gasteiger charge is -2.28. The van der Waals surface area contributed by atoms with Gasteiger partial charge in [-0.2, -0.15) is 5.26 Å². The van der Waals surface area contributed by atoms with Crippen molar-refractivity contribution in [1.82, 2.24) is 10.2 Å². The fourth-order valence-electron chi connectivity index (χ4n) is 4.92. The Labute approximate surface area is 171 Å². The van der Waals surface area contributed by atoms with E-state index in [1.165, 1.54) is 11.1 Å². The smallest absolute Gasteiger partial charge is 0.241 e. The van der Waals surface area contributed by atoms with E-state index in [9.17, 15) is 14.9 Å². The molecule has 5 nitrogen and oxygen atoms in total. The summed E-state index contributed by atoms with van der Waals surface area (Å²) in [5.74, 6) is -0.304. The summed E-state index contributed by atoms with van der Waals surface area (Å²) in [6, 6.07) is 9.65. The summed E-state index contributed by atoms with van der Waals surface area (Å²) in [5, 5.41) is 12.4. The number of nitrogens with zero attached hydrogens (tertiary/aromatic N) is 2. The van der Waals surface area contributed by atoms with Crippen molar-refractivity contribution in [3.8, 4) is 6.07 Å². The first-order valence-corrected chi connectivity index (χ1v) is 10.5. The SMILES string of the molecule is N#C[C@@H]1CCCN1C(=O)[C@H]1NCC(=S)C1C(=O)C[C@@H]1CCc2ccccc2C1. The average Bonchev–Trinajstić information content (AvgIpc) is 3.33. The Hall–Kier alpha value is -2.10. The predicted molar refractivity (Wildman–Crippen MR) is 110 cm³/mol. The zero-order valence-electron chi connectivity index (χ0n) is 15.9. The van der Waals surface area contributed by atoms with E-state index in [1.54, 1.807) is 4.90 Å². The van der Waals surface area contributed by atoms with Crippen molar-refractivity contribution in [2.75, 3.05) is 13.1 Å². The quantitative estimate of drug-likeness (QED) is 0.792. The van der Waals surface area contributed by atoms with Gasteiger partial charge >= 0.3 is 0 Å². The number of aryl methyl sites for hydroxylation is 1. The molecule has 1 amide bonds. The van der Waals surface area contributed by atoms with Crippen LogP contribution in [-0.4, -0.2) is 46.6 Å². The Balaban J connectivity index is 1.44. The predicted octanol–water partition coefficient (Wildman–Crippen LogP) is 2.22. The Morgan fingerprint density at radius 3 is 2.82 bits per heavy atom. The van der Waals surface area contributed by atoms with Crippen molar-refractivity contribution in [2.45, 2.75) is 50.6 Å². The van der Waals surface area contributed by atoms with Gasteiger partial charge in [-0.1, -0.05) is 36.5 Å². The van der Waals surface area contributed by atoms with Crippen LogP contribution >= 0.6 is 12.2 Å². The van der Waals surface area contributed by atoms with Crippen LogP contribution in [0, 0.1) is 23.2 Å². The van der Waals surface area contributed by atoms with Crippen molar-refractivity contribution in [3.63, 3.8) is 0 Å². The Kier molecular flexibility index (Phi) is 5.56. The topological polar surface area (TPSA) is 73.2 Å². The van der Waals surface area contributed by atoms with Gasteiger partial charge in [-0.15, -0.1) is 0 Å². The van der Waals surface area contributed by atoms with Crippen LogP contribution in [0.1, 0.15) is 36.8 Å². The zero-order chi connectivity index (χ0) is 19.7. The maximum Gasteiger partial charge on any atom is 0.241 e. The summed E-state index contributed by atoms with van der Waals surface area (Å²) >= 11 is 5.46. The number of thiocarbonyl (C=S) groups is 1. The number of fused-ring (bicyclic) bond motifs is 1. The minimum absolute atomic E-state index is 0.0745. The summed E-state index contributed by atoms with van der Waals surface area (Å²) in [4.78, 5) is 28.4. The molecule has 2 fully saturated rings. The van der Waals surface area contributed by atoms with Gasteiger partial charge in [0.1, 0.15) is 17.9 Å². The molecule has 0 spiro atoms. The largest absolute Gasteiger partial charge is 0.325 e. The number of hydrogen-bond acceptors (Lipinski definition) is 5. The van der Waals surface area contributed by atoms with E-state index in [-0.39, 0.29) is 17.7 Å². The van der Waals surface area contributed by atoms with E-state index in [4.69, 9.17) is 12.2 Å². The van der Waals surface area contributed by atoms with E-state index < -0.39 is 12.0 Å². The van der Waals surface area contributed by atoms with Crippen molar-refractivity contribution >= 4 is 28.8 Å². The van der Waals surface area contributed by atoms with Gasteiger partial charge in [-0.05, 0) is 49.1 Å². The van der Waals surface area contributed by atoms with Crippen molar-refractivity contribution in [2.24, 2.45) is 11.8 Å². The van der Waals surface area contributed by atoms with Gasteiger partial charge in [0.15, 0.2) is 0 Å². The number of amides is 1. The lowest BCUT2D eigenvalue weighted by atomic mass is 9.79. The molecular formula is C22H25N3O2S. The van der Waals surface area contributed by atoms with Crippen LogP contribution in [0.4, 0.5) is 0 Å². The number of rotatable bonds is 4. The molecule has 0 bridgehead atoms. The highest BCUT2D eigenvalue weighted by Crippen LogP contribution is 2.30. The number of benzene rings is 1. The zero-order valence-corrected chi connectivity index (χ0v) is 16.7. The normalized spacial score (nSPS) is 29.4. The number of likely N-dealkylation sites (tertiary alicyclic amines) is 1. The van der Waals surface area contributed by atoms with Crippen molar-refractivity contribution < 1.29 is 9.59 Å². The molecule has 1 aliphatic carbocycles. The minimum atomic E-state index is -0.607. The molecule has 0 radical (unpaired) electrons. The molecule has 4 atom stereocenters. The fourth-order valence-corrected chi connectivity index (χ4v) is 5.27. The molecule has 6 heteroatoms. The minimum Gasteiger partial charge on any atom is -0.325 e. The Bertz CT molecular complexity index is 846. The molecular weight excluding hydrogens is 370 g/mol. The van der Waals surface area contributed by atoms with Gasteiger partial charge in [0.2, 0.25) is 5.91 Å². The molecule has 0 aromatic heterocycles. The van der Waals surface area contributed by atoms with Crippen LogP contribution in [0.3, 0.4) is 0 Å². The third-order valence-corrected chi connectivity index (χ3v) is 6.81. The summed E-state index contributed by atoms with van der Waals surface area (Å²) in [6.45, 7) is 1.00. The third kappa shape index (κ3) is 3.61. The van der Waals surface area contributed by atoms with E-state index >= 15 is 0 Å². The molecule has 2 saturated heterocycles. The number of carbonyl (C=O) groups is 2. The number of nitriles is 1. The lowest BCUT2D eigenvalue weighted by molar-refractivity contribution is -0.136. The molecule has 28 heavy (non-hydrogen) atoms. The summed E-state index contributed by atoms with van der Waals surface area (Å²) in [5.41, 5.74) is 2.72. The molecule has 4 rings (SSSR count). The standard InChI is InChI=1S/C22H25N3O2S/c23-12-17-6-3-9-25(17)22(27)21-20(19(28)13-24-21)18(26)11-14-7-8-15-4-1-2-5-16(15)10-14/h1-2,4-5,14,17,20-21,24H,3,6-11,13H2/t14-,17+,20?,21+/m1/s1. The van der Waals surface area contributed by atoms with Crippen molar-refractivity contribution in [1.29, 1.82) is 5.26 Å². The third-order valence-electron chi connectivity index (χ3n) is 6.41. The van der Waals surface area contributed by atoms with Gasteiger partial charge < -0.3 is 10.2 Å². The van der Waals surface area contributed by atoms with Crippen LogP contribution in [0.5, 0.6) is 0 Å². The first-order valence-electron chi connectivity index (χ1n) is 10.1. The van der Waals surface area contributed by atoms with E-state index in [0.717, 1.165) is 25.7 Å². The van der Waals surface area contributed by atoms with Gasteiger partial charge in [0.25, 0.3) is 0 Å². The number of carbonyl (C=O) groups excluding carboxylic acids is 2. The van der Waals surface area contributed by atoms with Crippen LogP contribution in [-0.2, 0) is 22.4 Å². The summed E-state index contributed by atoms with van der Waals surface area (Å²) < 4.78 is 0. The van der Waals surface area contributed by atoms with Crippen molar-refractivity contribution in [3.05, 3.63) is 35.4 Å². The van der Waals surface area contributed by atoms with Crippen LogP contribution in [0.15, 0.2) is 24.3 Å². The second-order valence-corrected chi connectivity index (χ2v) is 8.69. The van der Waals surface area contributed by atoms with Gasteiger partial charge in [-0.25, -0.2) is 0 Å². The van der Waals surface area contributed by atoms with Gasteiger partial charge in [0.05, 0.1) is 12.0 Å². The summed E-state index contributed by atoms with van der Waals surface area (Å²) in [6.07, 6.45) is 4.92. The maximum atomic E-state index is 13.2. The number of nitrogens with one attached hydrogen (secondary N) is 1. The Morgan fingerprint density at radius 1 is 1.25 bits per heavy atom. The van der Waals surface area contributed by atoms with E-state index in [0.29, 0.717) is 36.7 Å².